The molecule has 0 amide bonds. The zero-order valence-corrected chi connectivity index (χ0v) is 9.55. The van der Waals surface area contributed by atoms with Crippen molar-refractivity contribution in [3.63, 3.8) is 0 Å². The Balaban J connectivity index is 1.76. The minimum atomic E-state index is -0.265. The molecule has 1 aliphatic heterocycles. The first-order valence-corrected chi connectivity index (χ1v) is 6.09. The summed E-state index contributed by atoms with van der Waals surface area (Å²) in [5.74, 6) is 0.631. The van der Waals surface area contributed by atoms with Crippen molar-refractivity contribution in [3.8, 4) is 0 Å². The van der Waals surface area contributed by atoms with Gasteiger partial charge in [-0.15, -0.1) is 0 Å². The molecule has 0 aromatic carbocycles. The minimum absolute atomic E-state index is 0.000556. The molecule has 2 aliphatic rings. The van der Waals surface area contributed by atoms with Gasteiger partial charge in [0.1, 0.15) is 0 Å². The van der Waals surface area contributed by atoms with Gasteiger partial charge in [-0.05, 0) is 38.6 Å². The first kappa shape index (κ1) is 10.9. The molecule has 1 saturated heterocycles. The molecule has 2 fully saturated rings. The average molecular weight is 211 g/mol. The van der Waals surface area contributed by atoms with Gasteiger partial charge in [0.2, 0.25) is 0 Å². The van der Waals surface area contributed by atoms with Crippen molar-refractivity contribution < 1.29 is 9.53 Å². The van der Waals surface area contributed by atoms with Crippen LogP contribution in [0.15, 0.2) is 0 Å². The van der Waals surface area contributed by atoms with Crippen LogP contribution in [0.5, 0.6) is 0 Å². The van der Waals surface area contributed by atoms with Gasteiger partial charge in [-0.2, -0.15) is 0 Å². The Morgan fingerprint density at radius 3 is 2.80 bits per heavy atom. The summed E-state index contributed by atoms with van der Waals surface area (Å²) in [6.07, 6.45) is 6.00. The summed E-state index contributed by atoms with van der Waals surface area (Å²) < 4.78 is 5.43. The fraction of sp³-hybridized carbons (Fsp3) is 0.917. The number of hydrogen-bond donors (Lipinski definition) is 1. The fourth-order valence-corrected chi connectivity index (χ4v) is 2.54. The molecule has 0 bridgehead atoms. The lowest BCUT2D eigenvalue weighted by Gasteiger charge is -2.21. The Hall–Kier alpha value is -0.570. The number of nitrogens with one attached hydrogen (secondary N) is 1. The topological polar surface area (TPSA) is 38.3 Å². The van der Waals surface area contributed by atoms with Crippen molar-refractivity contribution >= 4 is 5.97 Å². The van der Waals surface area contributed by atoms with Gasteiger partial charge in [0.25, 0.3) is 0 Å². The maximum Gasteiger partial charge on any atom is 0.313 e. The van der Waals surface area contributed by atoms with Gasteiger partial charge in [0.15, 0.2) is 0 Å². The van der Waals surface area contributed by atoms with Crippen LogP contribution in [0, 0.1) is 11.3 Å². The second-order valence-electron chi connectivity index (χ2n) is 5.24. The lowest BCUT2D eigenvalue weighted by Crippen LogP contribution is -2.33. The van der Waals surface area contributed by atoms with Gasteiger partial charge in [-0.25, -0.2) is 0 Å². The van der Waals surface area contributed by atoms with E-state index in [0.29, 0.717) is 12.5 Å². The third-order valence-corrected chi connectivity index (χ3v) is 3.79. The van der Waals surface area contributed by atoms with Crippen LogP contribution >= 0.6 is 0 Å². The standard InChI is InChI=1S/C12H21NO2/c1-12(6-7-13-9-12)11(14)15-8-10-4-2-3-5-10/h10,13H,2-9H2,1H3. The van der Waals surface area contributed by atoms with Crippen LogP contribution in [-0.4, -0.2) is 25.7 Å². The van der Waals surface area contributed by atoms with E-state index in [1.165, 1.54) is 25.7 Å². The maximum absolute atomic E-state index is 11.9. The molecule has 3 heteroatoms. The van der Waals surface area contributed by atoms with Gasteiger partial charge in [-0.3, -0.25) is 4.79 Å². The zero-order valence-electron chi connectivity index (χ0n) is 9.55. The summed E-state index contributed by atoms with van der Waals surface area (Å²) in [6, 6.07) is 0. The number of carbonyl (C=O) groups is 1. The van der Waals surface area contributed by atoms with E-state index in [2.05, 4.69) is 5.32 Å². The van der Waals surface area contributed by atoms with Crippen molar-refractivity contribution in [2.45, 2.75) is 39.0 Å². The molecule has 1 unspecified atom stereocenters. The monoisotopic (exact) mass is 211 g/mol. The summed E-state index contributed by atoms with van der Waals surface area (Å²) in [7, 11) is 0. The van der Waals surface area contributed by atoms with E-state index in [4.69, 9.17) is 4.74 Å². The van der Waals surface area contributed by atoms with Crippen molar-refractivity contribution in [2.24, 2.45) is 11.3 Å². The lowest BCUT2D eigenvalue weighted by molar-refractivity contribution is -0.155. The van der Waals surface area contributed by atoms with Crippen LogP contribution in [0.4, 0.5) is 0 Å². The number of ether oxygens (including phenoxy) is 1. The van der Waals surface area contributed by atoms with E-state index >= 15 is 0 Å². The molecule has 1 aliphatic carbocycles. The molecular formula is C12H21NO2. The highest BCUT2D eigenvalue weighted by Gasteiger charge is 2.38. The second kappa shape index (κ2) is 4.52. The van der Waals surface area contributed by atoms with Crippen LogP contribution in [-0.2, 0) is 9.53 Å². The first-order valence-electron chi connectivity index (χ1n) is 6.09. The van der Waals surface area contributed by atoms with Crippen LogP contribution in [0.2, 0.25) is 0 Å². The number of hydrogen-bond acceptors (Lipinski definition) is 3. The van der Waals surface area contributed by atoms with Crippen LogP contribution in [0.3, 0.4) is 0 Å². The van der Waals surface area contributed by atoms with Gasteiger partial charge < -0.3 is 10.1 Å². The smallest absolute Gasteiger partial charge is 0.313 e. The molecule has 0 aromatic heterocycles. The third kappa shape index (κ3) is 2.51. The van der Waals surface area contributed by atoms with E-state index < -0.39 is 0 Å². The lowest BCUT2D eigenvalue weighted by atomic mass is 9.90. The molecule has 0 spiro atoms. The molecule has 1 heterocycles. The molecule has 15 heavy (non-hydrogen) atoms. The summed E-state index contributed by atoms with van der Waals surface area (Å²) in [4.78, 5) is 11.9. The zero-order chi connectivity index (χ0) is 10.7. The molecule has 1 atom stereocenters. The average Bonchev–Trinajstić information content (AvgIpc) is 2.85. The molecule has 1 N–H and O–H groups in total. The van der Waals surface area contributed by atoms with E-state index in [0.717, 1.165) is 19.5 Å². The summed E-state index contributed by atoms with van der Waals surface area (Å²) in [5, 5.41) is 3.22. The molecule has 86 valence electrons. The number of carbonyl (C=O) groups excluding carboxylic acids is 1. The molecule has 0 radical (unpaired) electrons. The van der Waals surface area contributed by atoms with E-state index in [1.54, 1.807) is 0 Å². The second-order valence-corrected chi connectivity index (χ2v) is 5.24. The van der Waals surface area contributed by atoms with Crippen molar-refractivity contribution in [1.82, 2.24) is 5.32 Å². The highest BCUT2D eigenvalue weighted by Crippen LogP contribution is 2.28. The Morgan fingerprint density at radius 1 is 1.47 bits per heavy atom. The minimum Gasteiger partial charge on any atom is -0.465 e. The Morgan fingerprint density at radius 2 is 2.20 bits per heavy atom. The number of rotatable bonds is 3. The summed E-state index contributed by atoms with van der Waals surface area (Å²) in [5.41, 5.74) is -0.265. The predicted molar refractivity (Wildman–Crippen MR) is 58.5 cm³/mol. The largest absolute Gasteiger partial charge is 0.465 e. The summed E-state index contributed by atoms with van der Waals surface area (Å²) >= 11 is 0. The van der Waals surface area contributed by atoms with Crippen LogP contribution in [0.1, 0.15) is 39.0 Å². The molecular weight excluding hydrogens is 190 g/mol. The van der Waals surface area contributed by atoms with E-state index in [9.17, 15) is 4.79 Å². The van der Waals surface area contributed by atoms with Crippen LogP contribution < -0.4 is 5.32 Å². The first-order chi connectivity index (χ1) is 7.21. The van der Waals surface area contributed by atoms with Gasteiger partial charge in [0.05, 0.1) is 12.0 Å². The molecule has 0 aromatic rings. The highest BCUT2D eigenvalue weighted by atomic mass is 16.5. The van der Waals surface area contributed by atoms with Gasteiger partial charge in [0, 0.05) is 6.54 Å². The van der Waals surface area contributed by atoms with Gasteiger partial charge in [-0.1, -0.05) is 12.8 Å². The number of esters is 1. The Labute approximate surface area is 91.6 Å². The highest BCUT2D eigenvalue weighted by molar-refractivity contribution is 5.77. The molecule has 3 nitrogen and oxygen atoms in total. The van der Waals surface area contributed by atoms with Crippen molar-refractivity contribution in [3.05, 3.63) is 0 Å². The summed E-state index contributed by atoms with van der Waals surface area (Å²) in [6.45, 7) is 4.37. The molecule has 1 saturated carbocycles. The van der Waals surface area contributed by atoms with E-state index in [-0.39, 0.29) is 11.4 Å². The normalized spacial score (nSPS) is 32.1. The fourth-order valence-electron chi connectivity index (χ4n) is 2.54. The van der Waals surface area contributed by atoms with E-state index in [1.807, 2.05) is 6.92 Å². The van der Waals surface area contributed by atoms with Gasteiger partial charge >= 0.3 is 5.97 Å². The Kier molecular flexibility index (Phi) is 3.29. The van der Waals surface area contributed by atoms with Crippen molar-refractivity contribution in [1.29, 1.82) is 0 Å². The predicted octanol–water partition coefficient (Wildman–Crippen LogP) is 1.72. The molecule has 2 rings (SSSR count). The van der Waals surface area contributed by atoms with Crippen molar-refractivity contribution in [2.75, 3.05) is 19.7 Å². The van der Waals surface area contributed by atoms with Crippen LogP contribution in [0.25, 0.3) is 0 Å². The maximum atomic E-state index is 11.9. The SMILES string of the molecule is CC1(C(=O)OCC2CCCC2)CCNC1. The third-order valence-electron chi connectivity index (χ3n) is 3.79. The Bertz CT molecular complexity index is 228. The quantitative estimate of drug-likeness (QED) is 0.722.